The van der Waals surface area contributed by atoms with Crippen molar-refractivity contribution in [2.75, 3.05) is 6.54 Å². The van der Waals surface area contributed by atoms with Gasteiger partial charge in [-0.1, -0.05) is 0 Å². The van der Waals surface area contributed by atoms with Crippen molar-refractivity contribution < 1.29 is 13.3 Å². The van der Waals surface area contributed by atoms with Crippen LogP contribution >= 0.6 is 0 Å². The molecule has 1 aliphatic heterocycles. The van der Waals surface area contributed by atoms with Crippen LogP contribution in [0.25, 0.3) is 0 Å². The predicted octanol–water partition coefficient (Wildman–Crippen LogP) is 0.409. The molecule has 8 nitrogen and oxygen atoms in total. The SMILES string of the molecule is CC1CC(NS(=O)(=O)c2ccc([N+](=O)[O-])nc2)CCN1. The smallest absolute Gasteiger partial charge is 0.358 e. The molecule has 0 spiro atoms. The number of nitrogens with zero attached hydrogens (tertiary/aromatic N) is 2. The van der Waals surface area contributed by atoms with E-state index in [-0.39, 0.29) is 22.8 Å². The molecule has 2 N–H and O–H groups in total. The minimum Gasteiger partial charge on any atom is -0.358 e. The van der Waals surface area contributed by atoms with Crippen molar-refractivity contribution in [3.8, 4) is 0 Å². The third kappa shape index (κ3) is 3.50. The van der Waals surface area contributed by atoms with Gasteiger partial charge in [0.15, 0.2) is 6.20 Å². The van der Waals surface area contributed by atoms with Crippen molar-refractivity contribution in [1.82, 2.24) is 15.0 Å². The van der Waals surface area contributed by atoms with E-state index in [0.29, 0.717) is 12.8 Å². The highest BCUT2D eigenvalue weighted by atomic mass is 32.2. The zero-order valence-corrected chi connectivity index (χ0v) is 11.8. The lowest BCUT2D eigenvalue weighted by Crippen LogP contribution is -2.46. The number of nitrogens with one attached hydrogen (secondary N) is 2. The first-order chi connectivity index (χ1) is 9.38. The molecule has 110 valence electrons. The number of piperidine rings is 1. The summed E-state index contributed by atoms with van der Waals surface area (Å²) in [5.74, 6) is -0.376. The highest BCUT2D eigenvalue weighted by Crippen LogP contribution is 2.15. The highest BCUT2D eigenvalue weighted by molar-refractivity contribution is 7.89. The Morgan fingerprint density at radius 2 is 2.25 bits per heavy atom. The van der Waals surface area contributed by atoms with Crippen molar-refractivity contribution in [2.45, 2.75) is 36.7 Å². The molecule has 1 fully saturated rings. The third-order valence-electron chi connectivity index (χ3n) is 3.16. The van der Waals surface area contributed by atoms with E-state index in [2.05, 4.69) is 15.0 Å². The van der Waals surface area contributed by atoms with Crippen LogP contribution in [0.5, 0.6) is 0 Å². The van der Waals surface area contributed by atoms with Crippen LogP contribution in [0.3, 0.4) is 0 Å². The van der Waals surface area contributed by atoms with E-state index in [1.54, 1.807) is 0 Å². The van der Waals surface area contributed by atoms with Gasteiger partial charge >= 0.3 is 5.82 Å². The summed E-state index contributed by atoms with van der Waals surface area (Å²) in [6, 6.07) is 2.40. The van der Waals surface area contributed by atoms with Gasteiger partial charge in [-0.05, 0) is 42.3 Å². The van der Waals surface area contributed by atoms with Crippen LogP contribution < -0.4 is 10.0 Å². The monoisotopic (exact) mass is 300 g/mol. The first kappa shape index (κ1) is 14.8. The zero-order valence-electron chi connectivity index (χ0n) is 10.9. The third-order valence-corrected chi connectivity index (χ3v) is 4.67. The van der Waals surface area contributed by atoms with Gasteiger partial charge < -0.3 is 15.4 Å². The number of hydrogen-bond acceptors (Lipinski definition) is 6. The van der Waals surface area contributed by atoms with E-state index < -0.39 is 14.9 Å². The summed E-state index contributed by atoms with van der Waals surface area (Å²) in [4.78, 5) is 13.3. The Bertz CT molecular complexity index is 587. The molecule has 2 heterocycles. The van der Waals surface area contributed by atoms with Crippen LogP contribution in [-0.2, 0) is 10.0 Å². The lowest BCUT2D eigenvalue weighted by Gasteiger charge is -2.28. The van der Waals surface area contributed by atoms with E-state index in [1.807, 2.05) is 6.92 Å². The van der Waals surface area contributed by atoms with Gasteiger partial charge in [-0.25, -0.2) is 13.1 Å². The zero-order chi connectivity index (χ0) is 14.8. The Hall–Kier alpha value is -1.58. The summed E-state index contributed by atoms with van der Waals surface area (Å²) >= 11 is 0. The molecule has 20 heavy (non-hydrogen) atoms. The summed E-state index contributed by atoms with van der Waals surface area (Å²) in [5.41, 5.74) is 0. The number of nitro groups is 1. The van der Waals surface area contributed by atoms with Gasteiger partial charge in [0, 0.05) is 18.2 Å². The Kier molecular flexibility index (Phi) is 4.31. The van der Waals surface area contributed by atoms with Crippen LogP contribution in [0.4, 0.5) is 5.82 Å². The summed E-state index contributed by atoms with van der Waals surface area (Å²) in [6.45, 7) is 2.75. The first-order valence-electron chi connectivity index (χ1n) is 6.24. The van der Waals surface area contributed by atoms with Crippen molar-refractivity contribution in [1.29, 1.82) is 0 Å². The number of sulfonamides is 1. The molecule has 1 aromatic rings. The fraction of sp³-hybridized carbons (Fsp3) is 0.545. The van der Waals surface area contributed by atoms with E-state index in [9.17, 15) is 18.5 Å². The molecule has 0 saturated carbocycles. The maximum Gasteiger partial charge on any atom is 0.363 e. The quantitative estimate of drug-likeness (QED) is 0.615. The average Bonchev–Trinajstić information content (AvgIpc) is 2.38. The molecule has 2 unspecified atom stereocenters. The molecule has 0 aromatic carbocycles. The minimum atomic E-state index is -3.69. The topological polar surface area (TPSA) is 114 Å². The van der Waals surface area contributed by atoms with Crippen molar-refractivity contribution >= 4 is 15.8 Å². The molecule has 1 aliphatic rings. The molecule has 2 atom stereocenters. The molecule has 9 heteroatoms. The molecule has 0 amide bonds. The molecular formula is C11H16N4O4S. The van der Waals surface area contributed by atoms with Gasteiger partial charge in [0.1, 0.15) is 4.90 Å². The van der Waals surface area contributed by atoms with Crippen LogP contribution in [-0.4, -0.2) is 37.0 Å². The average molecular weight is 300 g/mol. The predicted molar refractivity (Wildman–Crippen MR) is 71.7 cm³/mol. The molecule has 1 saturated heterocycles. The largest absolute Gasteiger partial charge is 0.363 e. The maximum absolute atomic E-state index is 12.1. The fourth-order valence-electron chi connectivity index (χ4n) is 2.17. The molecule has 0 bridgehead atoms. The van der Waals surface area contributed by atoms with Crippen LogP contribution in [0, 0.1) is 10.1 Å². The van der Waals surface area contributed by atoms with Crippen molar-refractivity contribution in [3.63, 3.8) is 0 Å². The van der Waals surface area contributed by atoms with E-state index in [0.717, 1.165) is 18.8 Å². The normalized spacial score (nSPS) is 23.4. The van der Waals surface area contributed by atoms with Gasteiger partial charge in [-0.15, -0.1) is 0 Å². The van der Waals surface area contributed by atoms with E-state index >= 15 is 0 Å². The summed E-state index contributed by atoms with van der Waals surface area (Å²) in [7, 11) is -3.69. The van der Waals surface area contributed by atoms with Gasteiger partial charge in [0.05, 0.1) is 0 Å². The first-order valence-corrected chi connectivity index (χ1v) is 7.73. The Labute approximate surface area is 116 Å². The molecule has 0 radical (unpaired) electrons. The summed E-state index contributed by atoms with van der Waals surface area (Å²) in [5, 5.41) is 13.7. The van der Waals surface area contributed by atoms with Gasteiger partial charge in [0.2, 0.25) is 10.0 Å². The highest BCUT2D eigenvalue weighted by Gasteiger charge is 2.25. The van der Waals surface area contributed by atoms with Crippen molar-refractivity contribution in [3.05, 3.63) is 28.4 Å². The molecular weight excluding hydrogens is 284 g/mol. The van der Waals surface area contributed by atoms with Gasteiger partial charge in [-0.3, -0.25) is 0 Å². The van der Waals surface area contributed by atoms with Crippen LogP contribution in [0.15, 0.2) is 23.2 Å². The minimum absolute atomic E-state index is 0.0608. The van der Waals surface area contributed by atoms with E-state index in [4.69, 9.17) is 0 Å². The second-order valence-corrected chi connectivity index (χ2v) is 6.52. The van der Waals surface area contributed by atoms with Gasteiger partial charge in [0.25, 0.3) is 0 Å². The number of hydrogen-bond donors (Lipinski definition) is 2. The Balaban J connectivity index is 2.11. The Morgan fingerprint density at radius 3 is 2.80 bits per heavy atom. The number of rotatable bonds is 4. The second-order valence-electron chi connectivity index (χ2n) is 4.81. The molecule has 1 aromatic heterocycles. The van der Waals surface area contributed by atoms with Crippen LogP contribution in [0.2, 0.25) is 0 Å². The second kappa shape index (κ2) is 5.81. The summed E-state index contributed by atoms with van der Waals surface area (Å²) in [6.07, 6.45) is 2.43. The van der Waals surface area contributed by atoms with E-state index in [1.165, 1.54) is 6.07 Å². The Morgan fingerprint density at radius 1 is 1.50 bits per heavy atom. The number of aromatic nitrogens is 1. The maximum atomic E-state index is 12.1. The molecule has 2 rings (SSSR count). The lowest BCUT2D eigenvalue weighted by molar-refractivity contribution is -0.389. The lowest BCUT2D eigenvalue weighted by atomic mass is 10.0. The van der Waals surface area contributed by atoms with Gasteiger partial charge in [-0.2, -0.15) is 0 Å². The fourth-order valence-corrected chi connectivity index (χ4v) is 3.39. The molecule has 0 aliphatic carbocycles. The van der Waals surface area contributed by atoms with Crippen molar-refractivity contribution in [2.24, 2.45) is 0 Å². The number of pyridine rings is 1. The summed E-state index contributed by atoms with van der Waals surface area (Å²) < 4.78 is 26.9. The van der Waals surface area contributed by atoms with Crippen LogP contribution in [0.1, 0.15) is 19.8 Å². The standard InChI is InChI=1S/C11H16N4O4S/c1-8-6-9(4-5-12-8)14-20(18,19)10-2-3-11(13-7-10)15(16)17/h2-3,7-9,12,14H,4-6H2,1H3.